The Morgan fingerprint density at radius 3 is 2.72 bits per heavy atom. The Kier molecular flexibility index (Phi) is 2.92. The van der Waals surface area contributed by atoms with E-state index in [1.54, 1.807) is 23.5 Å². The zero-order valence-electron chi connectivity index (χ0n) is 10.2. The summed E-state index contributed by atoms with van der Waals surface area (Å²) in [5.41, 5.74) is 0.736. The first-order chi connectivity index (χ1) is 8.70. The minimum Gasteiger partial charge on any atom is -0.315 e. The van der Waals surface area contributed by atoms with Crippen LogP contribution in [0.5, 0.6) is 0 Å². The molecule has 0 aliphatic carbocycles. The first-order valence-electron chi connectivity index (χ1n) is 6.07. The number of halogens is 1. The molecule has 0 unspecified atom stereocenters. The highest BCUT2D eigenvalue weighted by molar-refractivity contribution is 7.11. The summed E-state index contributed by atoms with van der Waals surface area (Å²) in [5, 5.41) is 4.34. The van der Waals surface area contributed by atoms with Crippen molar-refractivity contribution in [3.8, 4) is 0 Å². The van der Waals surface area contributed by atoms with Crippen molar-refractivity contribution in [2.45, 2.75) is 18.8 Å². The van der Waals surface area contributed by atoms with Gasteiger partial charge in [0.05, 0.1) is 5.01 Å². The standard InChI is InChI=1S/C14H15FN2S/c1-10-17-7-11(18-10)6-14(8-16-9-14)12-4-2-3-5-13(12)15/h2-5,7,16H,6,8-9H2,1H3. The van der Waals surface area contributed by atoms with Gasteiger partial charge in [-0.15, -0.1) is 11.3 Å². The van der Waals surface area contributed by atoms with Crippen molar-refractivity contribution < 1.29 is 4.39 Å². The van der Waals surface area contributed by atoms with Crippen molar-refractivity contribution in [2.75, 3.05) is 13.1 Å². The molecule has 94 valence electrons. The molecule has 0 radical (unpaired) electrons. The van der Waals surface area contributed by atoms with E-state index in [0.717, 1.165) is 30.1 Å². The van der Waals surface area contributed by atoms with Gasteiger partial charge < -0.3 is 5.32 Å². The number of nitrogens with one attached hydrogen (secondary N) is 1. The van der Waals surface area contributed by atoms with Gasteiger partial charge in [-0.25, -0.2) is 9.37 Å². The molecule has 1 aliphatic heterocycles. The largest absolute Gasteiger partial charge is 0.315 e. The molecule has 2 aromatic rings. The van der Waals surface area contributed by atoms with Crippen molar-refractivity contribution in [1.29, 1.82) is 0 Å². The average molecular weight is 262 g/mol. The molecule has 0 spiro atoms. The molecule has 1 aliphatic rings. The summed E-state index contributed by atoms with van der Waals surface area (Å²) in [6, 6.07) is 7.11. The Morgan fingerprint density at radius 1 is 1.39 bits per heavy atom. The van der Waals surface area contributed by atoms with Crippen LogP contribution in [0.3, 0.4) is 0 Å². The Bertz CT molecular complexity index is 560. The Balaban J connectivity index is 1.93. The van der Waals surface area contributed by atoms with Gasteiger partial charge in [-0.1, -0.05) is 18.2 Å². The molecule has 3 rings (SSSR count). The van der Waals surface area contributed by atoms with Crippen molar-refractivity contribution in [3.05, 3.63) is 51.7 Å². The molecule has 0 saturated carbocycles. The van der Waals surface area contributed by atoms with Crippen molar-refractivity contribution in [1.82, 2.24) is 10.3 Å². The minimum absolute atomic E-state index is 0.0929. The summed E-state index contributed by atoms with van der Waals surface area (Å²) in [6.07, 6.45) is 2.79. The molecule has 1 fully saturated rings. The third-order valence-corrected chi connectivity index (χ3v) is 4.47. The van der Waals surface area contributed by atoms with Crippen LogP contribution >= 0.6 is 11.3 Å². The van der Waals surface area contributed by atoms with Crippen LogP contribution in [-0.4, -0.2) is 18.1 Å². The van der Waals surface area contributed by atoms with E-state index in [4.69, 9.17) is 0 Å². The summed E-state index contributed by atoms with van der Waals surface area (Å²) in [6.45, 7) is 3.68. The number of thiazole rings is 1. The van der Waals surface area contributed by atoms with Crippen LogP contribution in [0.1, 0.15) is 15.4 Å². The first-order valence-corrected chi connectivity index (χ1v) is 6.88. The molecule has 2 heterocycles. The molecule has 1 N–H and O–H groups in total. The van der Waals surface area contributed by atoms with Gasteiger partial charge in [0.25, 0.3) is 0 Å². The summed E-state index contributed by atoms with van der Waals surface area (Å²) in [4.78, 5) is 5.51. The van der Waals surface area contributed by atoms with E-state index < -0.39 is 0 Å². The maximum absolute atomic E-state index is 14.0. The van der Waals surface area contributed by atoms with Gasteiger partial charge in [-0.3, -0.25) is 0 Å². The van der Waals surface area contributed by atoms with E-state index in [9.17, 15) is 4.39 Å². The predicted octanol–water partition coefficient (Wildman–Crippen LogP) is 2.67. The monoisotopic (exact) mass is 262 g/mol. The third-order valence-electron chi connectivity index (χ3n) is 3.55. The second kappa shape index (κ2) is 4.44. The summed E-state index contributed by atoms with van der Waals surface area (Å²) >= 11 is 1.70. The molecule has 0 atom stereocenters. The number of aromatic nitrogens is 1. The van der Waals surface area contributed by atoms with Gasteiger partial charge in [0, 0.05) is 29.6 Å². The second-order valence-corrected chi connectivity index (χ2v) is 6.21. The maximum Gasteiger partial charge on any atom is 0.127 e. The van der Waals surface area contributed by atoms with E-state index >= 15 is 0 Å². The van der Waals surface area contributed by atoms with E-state index in [-0.39, 0.29) is 11.2 Å². The topological polar surface area (TPSA) is 24.9 Å². The highest BCUT2D eigenvalue weighted by atomic mass is 32.1. The van der Waals surface area contributed by atoms with Gasteiger partial charge in [-0.05, 0) is 25.0 Å². The van der Waals surface area contributed by atoms with E-state index in [1.165, 1.54) is 4.88 Å². The Hall–Kier alpha value is -1.26. The van der Waals surface area contributed by atoms with Crippen LogP contribution in [0.4, 0.5) is 4.39 Å². The smallest absolute Gasteiger partial charge is 0.127 e. The number of aryl methyl sites for hydroxylation is 1. The van der Waals surface area contributed by atoms with Gasteiger partial charge in [0.1, 0.15) is 5.82 Å². The summed E-state index contributed by atoms with van der Waals surface area (Å²) in [7, 11) is 0. The van der Waals surface area contributed by atoms with Gasteiger partial charge in [-0.2, -0.15) is 0 Å². The fourth-order valence-electron chi connectivity index (χ4n) is 2.55. The highest BCUT2D eigenvalue weighted by Gasteiger charge is 2.40. The molecule has 1 aromatic carbocycles. The van der Waals surface area contributed by atoms with E-state index in [0.29, 0.717) is 0 Å². The van der Waals surface area contributed by atoms with Crippen molar-refractivity contribution >= 4 is 11.3 Å². The van der Waals surface area contributed by atoms with Crippen LogP contribution in [0, 0.1) is 12.7 Å². The average Bonchev–Trinajstić information content (AvgIpc) is 2.71. The Labute approximate surface area is 110 Å². The molecule has 1 saturated heterocycles. The number of rotatable bonds is 3. The molecule has 0 amide bonds. The van der Waals surface area contributed by atoms with Crippen LogP contribution < -0.4 is 5.32 Å². The number of benzene rings is 1. The van der Waals surface area contributed by atoms with Crippen LogP contribution in [-0.2, 0) is 11.8 Å². The van der Waals surface area contributed by atoms with Crippen LogP contribution in [0.15, 0.2) is 30.5 Å². The molecule has 2 nitrogen and oxygen atoms in total. The second-order valence-electron chi connectivity index (χ2n) is 4.89. The van der Waals surface area contributed by atoms with E-state index in [1.807, 2.05) is 25.3 Å². The SMILES string of the molecule is Cc1ncc(CC2(c3ccccc3F)CNC2)s1. The van der Waals surface area contributed by atoms with Crippen LogP contribution in [0.25, 0.3) is 0 Å². The predicted molar refractivity (Wildman–Crippen MR) is 71.5 cm³/mol. The highest BCUT2D eigenvalue weighted by Crippen LogP contribution is 2.35. The number of hydrogen-bond acceptors (Lipinski definition) is 3. The summed E-state index contributed by atoms with van der Waals surface area (Å²) < 4.78 is 14.0. The zero-order valence-corrected chi connectivity index (χ0v) is 11.1. The zero-order chi connectivity index (χ0) is 12.6. The minimum atomic E-state index is -0.0970. The number of nitrogens with zero attached hydrogens (tertiary/aromatic N) is 1. The van der Waals surface area contributed by atoms with Gasteiger partial charge in [0.2, 0.25) is 0 Å². The van der Waals surface area contributed by atoms with Gasteiger partial charge in [0.15, 0.2) is 0 Å². The molecular formula is C14H15FN2S. The van der Waals surface area contributed by atoms with E-state index in [2.05, 4.69) is 10.3 Å². The van der Waals surface area contributed by atoms with Gasteiger partial charge >= 0.3 is 0 Å². The molecule has 4 heteroatoms. The third kappa shape index (κ3) is 1.95. The lowest BCUT2D eigenvalue weighted by Gasteiger charge is -2.43. The first kappa shape index (κ1) is 11.8. The summed E-state index contributed by atoms with van der Waals surface area (Å²) in [5.74, 6) is -0.0970. The lowest BCUT2D eigenvalue weighted by atomic mass is 9.72. The lowest BCUT2D eigenvalue weighted by Crippen LogP contribution is -2.58. The maximum atomic E-state index is 14.0. The quantitative estimate of drug-likeness (QED) is 0.920. The fourth-order valence-corrected chi connectivity index (χ4v) is 3.49. The number of hydrogen-bond donors (Lipinski definition) is 1. The van der Waals surface area contributed by atoms with Crippen LogP contribution in [0.2, 0.25) is 0 Å². The van der Waals surface area contributed by atoms with Crippen molar-refractivity contribution in [3.63, 3.8) is 0 Å². The molecule has 0 bridgehead atoms. The molecule has 1 aromatic heterocycles. The van der Waals surface area contributed by atoms with Crippen molar-refractivity contribution in [2.24, 2.45) is 0 Å². The molecular weight excluding hydrogens is 247 g/mol. The fraction of sp³-hybridized carbons (Fsp3) is 0.357. The molecule has 18 heavy (non-hydrogen) atoms. The Morgan fingerprint density at radius 2 is 2.17 bits per heavy atom. The normalized spacial score (nSPS) is 17.4. The lowest BCUT2D eigenvalue weighted by molar-refractivity contribution is 0.267.